The average molecular weight is 364 g/mol. The lowest BCUT2D eigenvalue weighted by Gasteiger charge is -2.25. The van der Waals surface area contributed by atoms with Gasteiger partial charge in [0.05, 0.1) is 25.9 Å². The van der Waals surface area contributed by atoms with E-state index in [9.17, 15) is 19.1 Å². The monoisotopic (exact) mass is 364 g/mol. The van der Waals surface area contributed by atoms with E-state index >= 15 is 0 Å². The minimum absolute atomic E-state index is 0.0216. The lowest BCUT2D eigenvalue weighted by atomic mass is 9.90. The smallest absolute Gasteiger partial charge is 0.325 e. The number of hydrogen-bond acceptors (Lipinski definition) is 4. The number of ether oxygens (including phenoxy) is 1. The Balaban J connectivity index is 1.52. The number of β-amino-alcohol motifs (C(OH)–C–C–N with tert-alkyl or cyclic N) is 1. The number of rotatable bonds is 6. The molecule has 0 bridgehead atoms. The number of nitrogens with zero attached hydrogens (tertiary/aromatic N) is 1. The number of hydrogen-bond donors (Lipinski definition) is 2. The second kappa shape index (κ2) is 8.14. The third-order valence-electron chi connectivity index (χ3n) is 5.12. The molecule has 1 saturated heterocycles. The number of halogens is 1. The van der Waals surface area contributed by atoms with Crippen LogP contribution in [0.5, 0.6) is 0 Å². The Morgan fingerprint density at radius 1 is 1.19 bits per heavy atom. The van der Waals surface area contributed by atoms with Crippen molar-refractivity contribution < 1.29 is 23.8 Å². The second-order valence-corrected chi connectivity index (χ2v) is 7.10. The van der Waals surface area contributed by atoms with Crippen molar-refractivity contribution in [1.29, 1.82) is 0 Å². The summed E-state index contributed by atoms with van der Waals surface area (Å²) in [4.78, 5) is 26.1. The van der Waals surface area contributed by atoms with Crippen molar-refractivity contribution in [2.45, 2.75) is 56.8 Å². The highest BCUT2D eigenvalue weighted by molar-refractivity contribution is 6.07. The summed E-state index contributed by atoms with van der Waals surface area (Å²) in [5.41, 5.74) is -0.409. The van der Waals surface area contributed by atoms with E-state index in [2.05, 4.69) is 5.32 Å². The Hall–Kier alpha value is -1.99. The molecule has 2 fully saturated rings. The molecular weight excluding hydrogens is 339 g/mol. The second-order valence-electron chi connectivity index (χ2n) is 7.10. The van der Waals surface area contributed by atoms with Gasteiger partial charge in [0.2, 0.25) is 0 Å². The van der Waals surface area contributed by atoms with Crippen LogP contribution in [0.15, 0.2) is 24.3 Å². The molecule has 2 N–H and O–H groups in total. The van der Waals surface area contributed by atoms with E-state index in [1.807, 2.05) is 0 Å². The number of aliphatic hydroxyl groups excluding tert-OH is 1. The topological polar surface area (TPSA) is 78.9 Å². The van der Waals surface area contributed by atoms with Crippen molar-refractivity contribution in [2.24, 2.45) is 0 Å². The molecule has 1 atom stereocenters. The number of imide groups is 1. The molecule has 142 valence electrons. The van der Waals surface area contributed by atoms with Gasteiger partial charge in [0, 0.05) is 5.56 Å². The van der Waals surface area contributed by atoms with Gasteiger partial charge in [-0.05, 0) is 18.9 Å². The zero-order chi connectivity index (χ0) is 18.6. The predicted octanol–water partition coefficient (Wildman–Crippen LogP) is 2.35. The summed E-state index contributed by atoms with van der Waals surface area (Å²) in [6.07, 6.45) is 4.23. The van der Waals surface area contributed by atoms with Crippen LogP contribution in [0.1, 0.15) is 44.1 Å². The number of amides is 3. The summed E-state index contributed by atoms with van der Waals surface area (Å²) in [5, 5.41) is 13.0. The number of carbonyl (C=O) groups excluding carboxylic acids is 2. The molecule has 1 heterocycles. The van der Waals surface area contributed by atoms with E-state index in [0.29, 0.717) is 18.4 Å². The van der Waals surface area contributed by atoms with Gasteiger partial charge in [-0.2, -0.15) is 0 Å². The minimum Gasteiger partial charge on any atom is -0.389 e. The van der Waals surface area contributed by atoms with Crippen LogP contribution in [-0.4, -0.2) is 46.7 Å². The largest absolute Gasteiger partial charge is 0.389 e. The highest BCUT2D eigenvalue weighted by Crippen LogP contribution is 2.32. The summed E-state index contributed by atoms with van der Waals surface area (Å²) >= 11 is 0. The fourth-order valence-electron chi connectivity index (χ4n) is 3.70. The molecule has 7 heteroatoms. The van der Waals surface area contributed by atoms with Crippen molar-refractivity contribution in [1.82, 2.24) is 10.2 Å². The number of urea groups is 1. The third kappa shape index (κ3) is 4.04. The fourth-order valence-corrected chi connectivity index (χ4v) is 3.70. The molecule has 3 amide bonds. The van der Waals surface area contributed by atoms with Gasteiger partial charge in [0.1, 0.15) is 11.4 Å². The predicted molar refractivity (Wildman–Crippen MR) is 92.7 cm³/mol. The van der Waals surface area contributed by atoms with Crippen LogP contribution in [0.4, 0.5) is 9.18 Å². The Bertz CT molecular complexity index is 659. The molecule has 3 rings (SSSR count). The number of nitrogens with one attached hydrogen (secondary N) is 1. The summed E-state index contributed by atoms with van der Waals surface area (Å²) in [7, 11) is 0. The van der Waals surface area contributed by atoms with Gasteiger partial charge in [-0.25, -0.2) is 9.18 Å². The van der Waals surface area contributed by atoms with Crippen molar-refractivity contribution >= 4 is 11.9 Å². The Morgan fingerprint density at radius 2 is 1.88 bits per heavy atom. The van der Waals surface area contributed by atoms with E-state index in [1.54, 1.807) is 18.2 Å². The van der Waals surface area contributed by atoms with Crippen LogP contribution in [0, 0.1) is 5.82 Å². The lowest BCUT2D eigenvalue weighted by Crippen LogP contribution is -2.47. The normalized spacial score (nSPS) is 20.9. The molecule has 2 aliphatic rings. The molecule has 1 spiro atoms. The first-order chi connectivity index (χ1) is 12.5. The lowest BCUT2D eigenvalue weighted by molar-refractivity contribution is -0.133. The van der Waals surface area contributed by atoms with Gasteiger partial charge in [0.15, 0.2) is 0 Å². The van der Waals surface area contributed by atoms with E-state index in [-0.39, 0.29) is 31.5 Å². The summed E-state index contributed by atoms with van der Waals surface area (Å²) in [6.45, 7) is -0.185. The molecule has 0 aromatic heterocycles. The van der Waals surface area contributed by atoms with E-state index in [0.717, 1.165) is 30.6 Å². The van der Waals surface area contributed by atoms with Crippen LogP contribution in [0.2, 0.25) is 0 Å². The quantitative estimate of drug-likeness (QED) is 0.760. The van der Waals surface area contributed by atoms with E-state index < -0.39 is 17.7 Å². The Labute approximate surface area is 152 Å². The molecule has 1 aliphatic carbocycles. The highest BCUT2D eigenvalue weighted by atomic mass is 19.1. The van der Waals surface area contributed by atoms with Gasteiger partial charge in [-0.15, -0.1) is 0 Å². The number of benzene rings is 1. The van der Waals surface area contributed by atoms with Gasteiger partial charge >= 0.3 is 6.03 Å². The van der Waals surface area contributed by atoms with Crippen LogP contribution < -0.4 is 5.32 Å². The van der Waals surface area contributed by atoms with Gasteiger partial charge in [0.25, 0.3) is 5.91 Å². The average Bonchev–Trinajstić information content (AvgIpc) is 2.79. The van der Waals surface area contributed by atoms with Crippen LogP contribution >= 0.6 is 0 Å². The van der Waals surface area contributed by atoms with Gasteiger partial charge < -0.3 is 15.2 Å². The Morgan fingerprint density at radius 3 is 2.58 bits per heavy atom. The summed E-state index contributed by atoms with van der Waals surface area (Å²) in [6, 6.07) is 5.79. The highest BCUT2D eigenvalue weighted by Gasteiger charge is 2.50. The van der Waals surface area contributed by atoms with Crippen LogP contribution in [-0.2, 0) is 16.1 Å². The molecular formula is C19H25FN2O4. The Kier molecular flexibility index (Phi) is 5.88. The fraction of sp³-hybridized carbons (Fsp3) is 0.579. The number of carbonyl (C=O) groups is 2. The standard InChI is InChI=1S/C19H25FN2O4/c20-16-8-4-3-7-14(16)12-26-13-15(23)11-22-17(24)19(21-18(22)25)9-5-1-2-6-10-19/h3-4,7-8,15,23H,1-2,5-6,9-13H2,(H,21,25). The first kappa shape index (κ1) is 18.8. The number of aliphatic hydroxyl groups is 1. The molecule has 0 radical (unpaired) electrons. The molecule has 1 saturated carbocycles. The first-order valence-corrected chi connectivity index (χ1v) is 9.15. The maximum absolute atomic E-state index is 13.5. The molecule has 6 nitrogen and oxygen atoms in total. The SMILES string of the molecule is O=C1NC2(CCCCCC2)C(=O)N1CC(O)COCc1ccccc1F. The van der Waals surface area contributed by atoms with Crippen molar-refractivity contribution in [3.05, 3.63) is 35.6 Å². The minimum atomic E-state index is -1.02. The molecule has 1 aliphatic heterocycles. The van der Waals surface area contributed by atoms with E-state index in [1.165, 1.54) is 6.07 Å². The molecule has 26 heavy (non-hydrogen) atoms. The van der Waals surface area contributed by atoms with E-state index in [4.69, 9.17) is 4.74 Å². The molecule has 1 aromatic rings. The molecule has 1 unspecified atom stereocenters. The summed E-state index contributed by atoms with van der Waals surface area (Å²) in [5.74, 6) is -0.621. The summed E-state index contributed by atoms with van der Waals surface area (Å²) < 4.78 is 18.9. The molecule has 1 aromatic carbocycles. The van der Waals surface area contributed by atoms with Crippen molar-refractivity contribution in [3.63, 3.8) is 0 Å². The zero-order valence-electron chi connectivity index (χ0n) is 14.7. The maximum atomic E-state index is 13.5. The van der Waals surface area contributed by atoms with Crippen molar-refractivity contribution in [3.8, 4) is 0 Å². The van der Waals surface area contributed by atoms with Crippen LogP contribution in [0.25, 0.3) is 0 Å². The maximum Gasteiger partial charge on any atom is 0.325 e. The zero-order valence-corrected chi connectivity index (χ0v) is 14.7. The van der Waals surface area contributed by atoms with Gasteiger partial charge in [-0.1, -0.05) is 43.9 Å². The van der Waals surface area contributed by atoms with Crippen molar-refractivity contribution in [2.75, 3.05) is 13.2 Å². The van der Waals surface area contributed by atoms with Gasteiger partial charge in [-0.3, -0.25) is 9.69 Å². The third-order valence-corrected chi connectivity index (χ3v) is 5.12. The van der Waals surface area contributed by atoms with Crippen LogP contribution in [0.3, 0.4) is 0 Å². The first-order valence-electron chi connectivity index (χ1n) is 9.15.